The van der Waals surface area contributed by atoms with Gasteiger partial charge in [-0.3, -0.25) is 0 Å². The zero-order valence-corrected chi connectivity index (χ0v) is 10.5. The zero-order valence-electron chi connectivity index (χ0n) is 10.5. The summed E-state index contributed by atoms with van der Waals surface area (Å²) < 4.78 is 11.4. The second-order valence-electron chi connectivity index (χ2n) is 5.64. The average molecular weight is 226 g/mol. The fraction of sp³-hybridized carbons (Fsp3) is 0.846. The summed E-state index contributed by atoms with van der Waals surface area (Å²) in [5.41, 5.74) is 1.27. The topological polar surface area (TPSA) is 38.7 Å². The Bertz CT molecular complexity index is 296. The van der Waals surface area contributed by atoms with Crippen LogP contribution in [0.5, 0.6) is 0 Å². The summed E-state index contributed by atoms with van der Waals surface area (Å²) in [7, 11) is 0. The molecule has 0 aromatic carbocycles. The molecule has 1 fully saturated rings. The maximum absolute atomic E-state index is 9.34. The van der Waals surface area contributed by atoms with Gasteiger partial charge in [-0.2, -0.15) is 0 Å². The highest BCUT2D eigenvalue weighted by molar-refractivity contribution is 5.19. The Morgan fingerprint density at radius 3 is 2.75 bits per heavy atom. The lowest BCUT2D eigenvalue weighted by Crippen LogP contribution is -2.28. The van der Waals surface area contributed by atoms with E-state index >= 15 is 0 Å². The maximum Gasteiger partial charge on any atom is 0.163 e. The van der Waals surface area contributed by atoms with Crippen LogP contribution in [0.4, 0.5) is 0 Å². The molecule has 2 rings (SSSR count). The Morgan fingerprint density at radius 1 is 1.44 bits per heavy atom. The van der Waals surface area contributed by atoms with Crippen molar-refractivity contribution in [3.05, 3.63) is 11.6 Å². The third-order valence-corrected chi connectivity index (χ3v) is 3.78. The molecule has 2 atom stereocenters. The molecular formula is C13H22O3. The Labute approximate surface area is 97.4 Å². The van der Waals surface area contributed by atoms with E-state index in [4.69, 9.17) is 9.47 Å². The molecule has 3 heteroatoms. The number of hydrogen-bond acceptors (Lipinski definition) is 3. The summed E-state index contributed by atoms with van der Waals surface area (Å²) in [4.78, 5) is 0. The van der Waals surface area contributed by atoms with Crippen LogP contribution in [0.2, 0.25) is 0 Å². The second-order valence-corrected chi connectivity index (χ2v) is 5.64. The zero-order chi connectivity index (χ0) is 11.8. The van der Waals surface area contributed by atoms with E-state index in [1.165, 1.54) is 5.57 Å². The lowest BCUT2D eigenvalue weighted by atomic mass is 9.78. The van der Waals surface area contributed by atoms with Crippen LogP contribution < -0.4 is 0 Å². The standard InChI is InChI=1S/C13H22O3/c1-12(2)15-9-11(16-12)7-13(3)6-4-5-10(13)8-14/h5,11,14H,4,6-9H2,1-3H3/t11-,13+/m1/s1. The molecule has 16 heavy (non-hydrogen) atoms. The monoisotopic (exact) mass is 226 g/mol. The molecule has 92 valence electrons. The van der Waals surface area contributed by atoms with Gasteiger partial charge < -0.3 is 14.6 Å². The molecule has 0 amide bonds. The number of hydrogen-bond donors (Lipinski definition) is 1. The first kappa shape index (κ1) is 12.1. The quantitative estimate of drug-likeness (QED) is 0.750. The van der Waals surface area contributed by atoms with Crippen molar-refractivity contribution < 1.29 is 14.6 Å². The lowest BCUT2D eigenvalue weighted by molar-refractivity contribution is -0.141. The number of allylic oxidation sites excluding steroid dienone is 1. The van der Waals surface area contributed by atoms with Gasteiger partial charge in [0.25, 0.3) is 0 Å². The van der Waals surface area contributed by atoms with E-state index in [-0.39, 0.29) is 18.1 Å². The van der Waals surface area contributed by atoms with Crippen LogP contribution in [0, 0.1) is 5.41 Å². The molecule has 0 bridgehead atoms. The van der Waals surface area contributed by atoms with E-state index in [0.717, 1.165) is 19.3 Å². The number of ether oxygens (including phenoxy) is 2. The summed E-state index contributed by atoms with van der Waals surface area (Å²) in [5, 5.41) is 9.34. The summed E-state index contributed by atoms with van der Waals surface area (Å²) in [6.45, 7) is 6.96. The van der Waals surface area contributed by atoms with Crippen molar-refractivity contribution in [2.45, 2.75) is 51.9 Å². The molecule has 0 aromatic heterocycles. The maximum atomic E-state index is 9.34. The van der Waals surface area contributed by atoms with E-state index < -0.39 is 5.79 Å². The Balaban J connectivity index is 1.97. The van der Waals surface area contributed by atoms with Gasteiger partial charge >= 0.3 is 0 Å². The first-order valence-electron chi connectivity index (χ1n) is 6.07. The minimum Gasteiger partial charge on any atom is -0.392 e. The van der Waals surface area contributed by atoms with Crippen LogP contribution in [-0.2, 0) is 9.47 Å². The molecule has 0 unspecified atom stereocenters. The van der Waals surface area contributed by atoms with Gasteiger partial charge in [0.2, 0.25) is 0 Å². The summed E-state index contributed by atoms with van der Waals surface area (Å²) in [6.07, 6.45) is 5.46. The van der Waals surface area contributed by atoms with Gasteiger partial charge in [0.05, 0.1) is 19.3 Å². The van der Waals surface area contributed by atoms with E-state index in [9.17, 15) is 5.11 Å². The summed E-state index contributed by atoms with van der Waals surface area (Å²) in [5.74, 6) is -0.442. The molecule has 3 nitrogen and oxygen atoms in total. The first-order chi connectivity index (χ1) is 7.45. The molecule has 2 aliphatic rings. The molecule has 1 saturated heterocycles. The van der Waals surface area contributed by atoms with Crippen molar-refractivity contribution in [3.63, 3.8) is 0 Å². The number of aliphatic hydroxyl groups excluding tert-OH is 1. The number of aliphatic hydroxyl groups is 1. The van der Waals surface area contributed by atoms with Crippen molar-refractivity contribution in [1.29, 1.82) is 0 Å². The molecular weight excluding hydrogens is 204 g/mol. The molecule has 1 N–H and O–H groups in total. The molecule has 0 aromatic rings. The minimum atomic E-state index is -0.442. The van der Waals surface area contributed by atoms with Crippen molar-refractivity contribution >= 4 is 0 Å². The molecule has 1 aliphatic heterocycles. The normalized spacial score (nSPS) is 37.8. The Morgan fingerprint density at radius 2 is 2.19 bits per heavy atom. The van der Waals surface area contributed by atoms with Crippen LogP contribution in [0.3, 0.4) is 0 Å². The van der Waals surface area contributed by atoms with Gasteiger partial charge in [-0.05, 0) is 44.1 Å². The predicted octanol–water partition coefficient (Wildman–Crippen LogP) is 2.25. The highest BCUT2D eigenvalue weighted by Gasteiger charge is 2.40. The molecule has 1 aliphatic carbocycles. The third kappa shape index (κ3) is 2.31. The SMILES string of the molecule is CC1(C)OC[C@@H](C[C@]2(C)CCC=C2CO)O1. The first-order valence-corrected chi connectivity index (χ1v) is 6.07. The van der Waals surface area contributed by atoms with E-state index in [1.54, 1.807) is 0 Å². The Kier molecular flexibility index (Phi) is 3.12. The second kappa shape index (κ2) is 4.13. The van der Waals surface area contributed by atoms with Gasteiger partial charge in [0.1, 0.15) is 0 Å². The van der Waals surface area contributed by atoms with Crippen LogP contribution in [-0.4, -0.2) is 30.2 Å². The smallest absolute Gasteiger partial charge is 0.163 e. The lowest BCUT2D eigenvalue weighted by Gasteiger charge is -2.30. The molecule has 0 spiro atoms. The van der Waals surface area contributed by atoms with Gasteiger partial charge in [-0.25, -0.2) is 0 Å². The van der Waals surface area contributed by atoms with Gasteiger partial charge in [0.15, 0.2) is 5.79 Å². The van der Waals surface area contributed by atoms with Gasteiger partial charge in [-0.15, -0.1) is 0 Å². The van der Waals surface area contributed by atoms with E-state index in [0.29, 0.717) is 6.61 Å². The fourth-order valence-electron chi connectivity index (χ4n) is 2.83. The van der Waals surface area contributed by atoms with Crippen LogP contribution in [0.15, 0.2) is 11.6 Å². The molecule has 0 radical (unpaired) electrons. The Hall–Kier alpha value is -0.380. The van der Waals surface area contributed by atoms with Gasteiger partial charge in [0, 0.05) is 0 Å². The highest BCUT2D eigenvalue weighted by Crippen LogP contribution is 2.44. The fourth-order valence-corrected chi connectivity index (χ4v) is 2.83. The summed E-state index contributed by atoms with van der Waals surface area (Å²) in [6, 6.07) is 0. The van der Waals surface area contributed by atoms with Crippen LogP contribution in [0.25, 0.3) is 0 Å². The highest BCUT2D eigenvalue weighted by atomic mass is 16.7. The van der Waals surface area contributed by atoms with E-state index in [2.05, 4.69) is 13.0 Å². The van der Waals surface area contributed by atoms with Crippen molar-refractivity contribution in [2.75, 3.05) is 13.2 Å². The predicted molar refractivity (Wildman–Crippen MR) is 62.0 cm³/mol. The van der Waals surface area contributed by atoms with E-state index in [1.807, 2.05) is 13.8 Å². The average Bonchev–Trinajstić information content (AvgIpc) is 2.70. The third-order valence-electron chi connectivity index (χ3n) is 3.78. The summed E-state index contributed by atoms with van der Waals surface area (Å²) >= 11 is 0. The van der Waals surface area contributed by atoms with Crippen molar-refractivity contribution in [2.24, 2.45) is 5.41 Å². The van der Waals surface area contributed by atoms with Crippen molar-refractivity contribution in [3.8, 4) is 0 Å². The molecule has 0 saturated carbocycles. The van der Waals surface area contributed by atoms with Gasteiger partial charge in [-0.1, -0.05) is 13.0 Å². The largest absolute Gasteiger partial charge is 0.392 e. The van der Waals surface area contributed by atoms with Crippen LogP contribution in [0.1, 0.15) is 40.0 Å². The van der Waals surface area contributed by atoms with Crippen molar-refractivity contribution in [1.82, 2.24) is 0 Å². The minimum absolute atomic E-state index is 0.100. The van der Waals surface area contributed by atoms with Crippen LogP contribution >= 0.6 is 0 Å². The number of rotatable bonds is 3. The molecule has 1 heterocycles.